The Balaban J connectivity index is 1.65. The van der Waals surface area contributed by atoms with Gasteiger partial charge in [-0.1, -0.05) is 34.1 Å². The smallest absolute Gasteiger partial charge is 0.0890 e. The summed E-state index contributed by atoms with van der Waals surface area (Å²) in [6.07, 6.45) is 3.44. The fourth-order valence-corrected chi connectivity index (χ4v) is 2.56. The molecule has 0 bridgehead atoms. The Morgan fingerprint density at radius 1 is 0.850 bits per heavy atom. The summed E-state index contributed by atoms with van der Waals surface area (Å²) >= 11 is 3.48. The molecule has 1 aromatic heterocycles. The molecule has 3 aromatic rings. The van der Waals surface area contributed by atoms with Crippen molar-refractivity contribution in [3.8, 4) is 0 Å². The van der Waals surface area contributed by atoms with Crippen LogP contribution < -0.4 is 5.32 Å². The van der Waals surface area contributed by atoms with Crippen LogP contribution in [-0.4, -0.2) is 9.97 Å². The lowest BCUT2D eigenvalue weighted by atomic mass is 10.2. The van der Waals surface area contributed by atoms with E-state index in [1.54, 1.807) is 12.4 Å². The summed E-state index contributed by atoms with van der Waals surface area (Å²) < 4.78 is 1.11. The van der Waals surface area contributed by atoms with Crippen molar-refractivity contribution in [1.82, 2.24) is 15.3 Å². The molecule has 1 N–H and O–H groups in total. The minimum absolute atomic E-state index is 0.818. The zero-order valence-electron chi connectivity index (χ0n) is 10.9. The van der Waals surface area contributed by atoms with Crippen LogP contribution in [0.4, 0.5) is 0 Å². The van der Waals surface area contributed by atoms with Gasteiger partial charge in [0, 0.05) is 30.0 Å². The minimum atomic E-state index is 0.818. The molecule has 4 heteroatoms. The second kappa shape index (κ2) is 6.11. The molecule has 0 aliphatic rings. The number of hydrogen-bond donors (Lipinski definition) is 1. The SMILES string of the molecule is Brc1cccc(CNCc2ccc3nccnc3c2)c1. The van der Waals surface area contributed by atoms with Gasteiger partial charge in [0.1, 0.15) is 0 Å². The first-order chi connectivity index (χ1) is 9.81. The fraction of sp³-hybridized carbons (Fsp3) is 0.125. The molecule has 100 valence electrons. The number of hydrogen-bond acceptors (Lipinski definition) is 3. The van der Waals surface area contributed by atoms with Crippen molar-refractivity contribution in [2.75, 3.05) is 0 Å². The van der Waals surface area contributed by atoms with Crippen molar-refractivity contribution >= 4 is 27.0 Å². The topological polar surface area (TPSA) is 37.8 Å². The highest BCUT2D eigenvalue weighted by Gasteiger charge is 1.99. The third kappa shape index (κ3) is 3.21. The molecule has 0 saturated heterocycles. The Labute approximate surface area is 126 Å². The van der Waals surface area contributed by atoms with Crippen molar-refractivity contribution in [2.45, 2.75) is 13.1 Å². The van der Waals surface area contributed by atoms with E-state index in [4.69, 9.17) is 0 Å². The highest BCUT2D eigenvalue weighted by atomic mass is 79.9. The van der Waals surface area contributed by atoms with E-state index in [2.05, 4.69) is 55.5 Å². The second-order valence-corrected chi connectivity index (χ2v) is 5.53. The van der Waals surface area contributed by atoms with Crippen molar-refractivity contribution in [1.29, 1.82) is 0 Å². The first kappa shape index (κ1) is 13.2. The lowest BCUT2D eigenvalue weighted by Gasteiger charge is -2.06. The van der Waals surface area contributed by atoms with Crippen LogP contribution in [0, 0.1) is 0 Å². The highest BCUT2D eigenvalue weighted by Crippen LogP contribution is 2.13. The average molecular weight is 328 g/mol. The molecule has 3 rings (SSSR count). The molecule has 0 aliphatic heterocycles. The summed E-state index contributed by atoms with van der Waals surface area (Å²) in [4.78, 5) is 8.59. The molecule has 0 atom stereocenters. The standard InChI is InChI=1S/C16H14BrN3/c17-14-3-1-2-12(8-14)10-18-11-13-4-5-15-16(9-13)20-7-6-19-15/h1-9,18H,10-11H2. The monoisotopic (exact) mass is 327 g/mol. The van der Waals surface area contributed by atoms with Crippen LogP contribution in [0.5, 0.6) is 0 Å². The molecule has 0 fully saturated rings. The molecule has 2 aromatic carbocycles. The van der Waals surface area contributed by atoms with Crippen LogP contribution in [0.15, 0.2) is 59.3 Å². The van der Waals surface area contributed by atoms with Crippen LogP contribution in [0.25, 0.3) is 11.0 Å². The third-order valence-electron chi connectivity index (χ3n) is 3.08. The first-order valence-electron chi connectivity index (χ1n) is 6.46. The first-order valence-corrected chi connectivity index (χ1v) is 7.25. The maximum atomic E-state index is 4.32. The summed E-state index contributed by atoms with van der Waals surface area (Å²) in [6, 6.07) is 14.5. The van der Waals surface area contributed by atoms with Crippen molar-refractivity contribution in [3.05, 3.63) is 70.5 Å². The van der Waals surface area contributed by atoms with Gasteiger partial charge in [-0.2, -0.15) is 0 Å². The Hall–Kier alpha value is -1.78. The summed E-state index contributed by atoms with van der Waals surface area (Å²) in [7, 11) is 0. The van der Waals surface area contributed by atoms with Gasteiger partial charge in [0.25, 0.3) is 0 Å². The van der Waals surface area contributed by atoms with Crippen molar-refractivity contribution in [2.24, 2.45) is 0 Å². The second-order valence-electron chi connectivity index (χ2n) is 4.61. The van der Waals surface area contributed by atoms with Gasteiger partial charge >= 0.3 is 0 Å². The van der Waals surface area contributed by atoms with E-state index in [0.717, 1.165) is 28.6 Å². The fourth-order valence-electron chi connectivity index (χ4n) is 2.12. The Morgan fingerprint density at radius 2 is 1.60 bits per heavy atom. The predicted molar refractivity (Wildman–Crippen MR) is 84.2 cm³/mol. The van der Waals surface area contributed by atoms with Gasteiger partial charge in [-0.15, -0.1) is 0 Å². The zero-order valence-corrected chi connectivity index (χ0v) is 12.5. The molecular formula is C16H14BrN3. The Bertz CT molecular complexity index is 727. The lowest BCUT2D eigenvalue weighted by molar-refractivity contribution is 0.693. The molecule has 0 radical (unpaired) electrons. The number of halogens is 1. The largest absolute Gasteiger partial charge is 0.309 e. The number of nitrogens with zero attached hydrogens (tertiary/aromatic N) is 2. The van der Waals surface area contributed by atoms with E-state index in [1.165, 1.54) is 11.1 Å². The molecule has 0 amide bonds. The van der Waals surface area contributed by atoms with E-state index >= 15 is 0 Å². The molecule has 20 heavy (non-hydrogen) atoms. The predicted octanol–water partition coefficient (Wildman–Crippen LogP) is 3.68. The summed E-state index contributed by atoms with van der Waals surface area (Å²) in [5.74, 6) is 0. The molecule has 0 unspecified atom stereocenters. The summed E-state index contributed by atoms with van der Waals surface area (Å²) in [5, 5.41) is 3.44. The minimum Gasteiger partial charge on any atom is -0.309 e. The average Bonchev–Trinajstić information content (AvgIpc) is 2.47. The van der Waals surface area contributed by atoms with E-state index in [9.17, 15) is 0 Å². The molecular weight excluding hydrogens is 314 g/mol. The third-order valence-corrected chi connectivity index (χ3v) is 3.57. The van der Waals surface area contributed by atoms with Gasteiger partial charge < -0.3 is 5.32 Å². The summed E-state index contributed by atoms with van der Waals surface area (Å²) in [5.41, 5.74) is 4.35. The molecule has 3 nitrogen and oxygen atoms in total. The van der Waals surface area contributed by atoms with E-state index < -0.39 is 0 Å². The molecule has 0 saturated carbocycles. The van der Waals surface area contributed by atoms with Crippen LogP contribution in [0.1, 0.15) is 11.1 Å². The number of nitrogens with one attached hydrogen (secondary N) is 1. The van der Waals surface area contributed by atoms with Gasteiger partial charge in [-0.25, -0.2) is 0 Å². The van der Waals surface area contributed by atoms with Crippen LogP contribution >= 0.6 is 15.9 Å². The molecule has 0 aliphatic carbocycles. The molecule has 1 heterocycles. The Morgan fingerprint density at radius 3 is 2.40 bits per heavy atom. The maximum absolute atomic E-state index is 4.32. The van der Waals surface area contributed by atoms with Crippen LogP contribution in [0.2, 0.25) is 0 Å². The van der Waals surface area contributed by atoms with Gasteiger partial charge in [0.05, 0.1) is 11.0 Å². The van der Waals surface area contributed by atoms with E-state index in [-0.39, 0.29) is 0 Å². The van der Waals surface area contributed by atoms with E-state index in [0.29, 0.717) is 0 Å². The Kier molecular flexibility index (Phi) is 4.04. The van der Waals surface area contributed by atoms with Gasteiger partial charge in [-0.3, -0.25) is 9.97 Å². The normalized spacial score (nSPS) is 10.8. The van der Waals surface area contributed by atoms with Gasteiger partial charge in [0.2, 0.25) is 0 Å². The number of benzene rings is 2. The van der Waals surface area contributed by atoms with Crippen LogP contribution in [-0.2, 0) is 13.1 Å². The number of aromatic nitrogens is 2. The van der Waals surface area contributed by atoms with Crippen molar-refractivity contribution < 1.29 is 0 Å². The van der Waals surface area contributed by atoms with Gasteiger partial charge in [0.15, 0.2) is 0 Å². The van der Waals surface area contributed by atoms with Gasteiger partial charge in [-0.05, 0) is 35.4 Å². The van der Waals surface area contributed by atoms with E-state index in [1.807, 2.05) is 18.2 Å². The van der Waals surface area contributed by atoms with Crippen molar-refractivity contribution in [3.63, 3.8) is 0 Å². The van der Waals surface area contributed by atoms with Crippen LogP contribution in [0.3, 0.4) is 0 Å². The number of fused-ring (bicyclic) bond motifs is 1. The lowest BCUT2D eigenvalue weighted by Crippen LogP contribution is -2.12. The number of rotatable bonds is 4. The quantitative estimate of drug-likeness (QED) is 0.794. The maximum Gasteiger partial charge on any atom is 0.0890 e. The summed E-state index contributed by atoms with van der Waals surface area (Å²) in [6.45, 7) is 1.66. The highest BCUT2D eigenvalue weighted by molar-refractivity contribution is 9.10. The zero-order chi connectivity index (χ0) is 13.8. The molecule has 0 spiro atoms.